The molecule has 1 N–H and O–H groups in total. The van der Waals surface area contributed by atoms with E-state index in [-0.39, 0.29) is 12.0 Å². The molecule has 2 rings (SSSR count). The average molecular weight is 311 g/mol. The first-order chi connectivity index (χ1) is 10.0. The number of ether oxygens (including phenoxy) is 1. The number of carbonyl (C=O) groups excluding carboxylic acids is 1. The summed E-state index contributed by atoms with van der Waals surface area (Å²) in [5.74, 6) is -1.04. The molecule has 1 aromatic rings. The lowest BCUT2D eigenvalue weighted by molar-refractivity contribution is -0.148. The van der Waals surface area contributed by atoms with Crippen molar-refractivity contribution in [1.82, 2.24) is 4.90 Å². The van der Waals surface area contributed by atoms with Crippen LogP contribution in [-0.2, 0) is 20.7 Å². The topological polar surface area (TPSA) is 66.8 Å². The molecule has 0 bridgehead atoms. The Balaban J connectivity index is 1.85. The Labute approximate surface area is 128 Å². The third kappa shape index (κ3) is 4.04. The third-order valence-corrected chi connectivity index (χ3v) is 4.87. The van der Waals surface area contributed by atoms with Gasteiger partial charge in [-0.25, -0.2) is 4.79 Å². The van der Waals surface area contributed by atoms with Crippen LogP contribution in [0.2, 0.25) is 0 Å². The van der Waals surface area contributed by atoms with Crippen LogP contribution in [0.5, 0.6) is 0 Å². The third-order valence-electron chi connectivity index (χ3n) is 3.81. The Bertz CT molecular complexity index is 514. The van der Waals surface area contributed by atoms with Crippen molar-refractivity contribution >= 4 is 23.2 Å². The molecular formula is C15H21NO4S. The second kappa shape index (κ2) is 7.04. The van der Waals surface area contributed by atoms with Crippen LogP contribution >= 0.6 is 11.3 Å². The number of likely N-dealkylation sites (tertiary alicyclic amines) is 1. The summed E-state index contributed by atoms with van der Waals surface area (Å²) in [5, 5.41) is 9.20. The van der Waals surface area contributed by atoms with Crippen LogP contribution in [0, 0.1) is 6.92 Å². The molecule has 0 aromatic carbocycles. The molecule has 1 aromatic heterocycles. The SMILES string of the molecule is COC1CC(C(=O)O)N(C(=O)CCCc2ccc(C)s2)C1. The van der Waals surface area contributed by atoms with Crippen molar-refractivity contribution in [2.45, 2.75) is 44.8 Å². The molecule has 0 radical (unpaired) electrons. The minimum atomic E-state index is -0.947. The highest BCUT2D eigenvalue weighted by atomic mass is 32.1. The maximum Gasteiger partial charge on any atom is 0.326 e. The van der Waals surface area contributed by atoms with E-state index in [0.29, 0.717) is 19.4 Å². The second-order valence-electron chi connectivity index (χ2n) is 5.36. The van der Waals surface area contributed by atoms with E-state index in [1.54, 1.807) is 18.4 Å². The summed E-state index contributed by atoms with van der Waals surface area (Å²) in [4.78, 5) is 27.4. The molecule has 116 valence electrons. The van der Waals surface area contributed by atoms with Gasteiger partial charge in [0.15, 0.2) is 0 Å². The molecule has 0 spiro atoms. The van der Waals surface area contributed by atoms with Crippen LogP contribution in [0.4, 0.5) is 0 Å². The average Bonchev–Trinajstić information content (AvgIpc) is 3.04. The van der Waals surface area contributed by atoms with Crippen molar-refractivity contribution in [1.29, 1.82) is 0 Å². The highest BCUT2D eigenvalue weighted by Crippen LogP contribution is 2.22. The highest BCUT2D eigenvalue weighted by Gasteiger charge is 2.39. The summed E-state index contributed by atoms with van der Waals surface area (Å²) in [6.45, 7) is 2.44. The minimum absolute atomic E-state index is 0.0878. The van der Waals surface area contributed by atoms with Crippen LogP contribution in [0.3, 0.4) is 0 Å². The van der Waals surface area contributed by atoms with Crippen molar-refractivity contribution in [3.63, 3.8) is 0 Å². The molecule has 5 nitrogen and oxygen atoms in total. The van der Waals surface area contributed by atoms with Gasteiger partial charge in [0.25, 0.3) is 0 Å². The number of thiophene rings is 1. The number of amides is 1. The largest absolute Gasteiger partial charge is 0.480 e. The van der Waals surface area contributed by atoms with Crippen LogP contribution < -0.4 is 0 Å². The lowest BCUT2D eigenvalue weighted by Gasteiger charge is -2.21. The van der Waals surface area contributed by atoms with Gasteiger partial charge >= 0.3 is 5.97 Å². The molecular weight excluding hydrogens is 290 g/mol. The molecule has 0 aliphatic carbocycles. The first kappa shape index (κ1) is 16.0. The monoisotopic (exact) mass is 311 g/mol. The Morgan fingerprint density at radius 3 is 2.81 bits per heavy atom. The van der Waals surface area contributed by atoms with E-state index in [2.05, 4.69) is 19.1 Å². The second-order valence-corrected chi connectivity index (χ2v) is 6.73. The van der Waals surface area contributed by atoms with Gasteiger partial charge in [-0.3, -0.25) is 4.79 Å². The van der Waals surface area contributed by atoms with E-state index in [4.69, 9.17) is 4.74 Å². The van der Waals surface area contributed by atoms with E-state index in [1.165, 1.54) is 14.7 Å². The van der Waals surface area contributed by atoms with Crippen LogP contribution in [0.1, 0.15) is 29.0 Å². The van der Waals surface area contributed by atoms with Crippen LogP contribution in [0.15, 0.2) is 12.1 Å². The first-order valence-corrected chi connectivity index (χ1v) is 7.93. The number of carbonyl (C=O) groups is 2. The standard InChI is InChI=1S/C15H21NO4S/c1-10-6-7-12(21-10)4-3-5-14(17)16-9-11(20-2)8-13(16)15(18)19/h6-7,11,13H,3-5,8-9H2,1-2H3,(H,18,19). The Morgan fingerprint density at radius 1 is 1.48 bits per heavy atom. The van der Waals surface area contributed by atoms with Gasteiger partial charge in [-0.1, -0.05) is 0 Å². The predicted molar refractivity (Wildman–Crippen MR) is 80.5 cm³/mol. The smallest absolute Gasteiger partial charge is 0.326 e. The quantitative estimate of drug-likeness (QED) is 0.873. The van der Waals surface area contributed by atoms with Gasteiger partial charge in [0, 0.05) is 36.3 Å². The van der Waals surface area contributed by atoms with E-state index in [1.807, 2.05) is 0 Å². The number of hydrogen-bond acceptors (Lipinski definition) is 4. The zero-order valence-corrected chi connectivity index (χ0v) is 13.2. The van der Waals surface area contributed by atoms with E-state index < -0.39 is 12.0 Å². The number of carboxylic acid groups (broad SMARTS) is 1. The lowest BCUT2D eigenvalue weighted by Crippen LogP contribution is -2.40. The first-order valence-electron chi connectivity index (χ1n) is 7.11. The summed E-state index contributed by atoms with van der Waals surface area (Å²) < 4.78 is 5.19. The molecule has 1 saturated heterocycles. The van der Waals surface area contributed by atoms with Gasteiger partial charge in [-0.05, 0) is 31.9 Å². The fourth-order valence-corrected chi connectivity index (χ4v) is 3.59. The van der Waals surface area contributed by atoms with Gasteiger partial charge < -0.3 is 14.7 Å². The van der Waals surface area contributed by atoms with Crippen molar-refractivity contribution in [2.75, 3.05) is 13.7 Å². The molecule has 2 atom stereocenters. The summed E-state index contributed by atoms with van der Waals surface area (Å²) in [6.07, 6.45) is 2.21. The number of hydrogen-bond donors (Lipinski definition) is 1. The molecule has 2 heterocycles. The van der Waals surface area contributed by atoms with Gasteiger partial charge in [-0.15, -0.1) is 11.3 Å². The minimum Gasteiger partial charge on any atom is -0.480 e. The summed E-state index contributed by atoms with van der Waals surface area (Å²) >= 11 is 1.74. The Kier molecular flexibility index (Phi) is 5.36. The van der Waals surface area contributed by atoms with Gasteiger partial charge in [0.1, 0.15) is 6.04 Å². The van der Waals surface area contributed by atoms with Crippen LogP contribution in [-0.4, -0.2) is 47.7 Å². The van der Waals surface area contributed by atoms with E-state index >= 15 is 0 Å². The zero-order chi connectivity index (χ0) is 15.4. The normalized spacial score (nSPS) is 21.7. The zero-order valence-electron chi connectivity index (χ0n) is 12.4. The molecule has 1 aliphatic rings. The van der Waals surface area contributed by atoms with Crippen molar-refractivity contribution < 1.29 is 19.4 Å². The van der Waals surface area contributed by atoms with Crippen LogP contribution in [0.25, 0.3) is 0 Å². The number of aliphatic carboxylic acids is 1. The molecule has 21 heavy (non-hydrogen) atoms. The highest BCUT2D eigenvalue weighted by molar-refractivity contribution is 7.11. The Morgan fingerprint density at radius 2 is 2.24 bits per heavy atom. The molecule has 6 heteroatoms. The maximum absolute atomic E-state index is 12.2. The van der Waals surface area contributed by atoms with Crippen molar-refractivity contribution in [3.8, 4) is 0 Å². The van der Waals surface area contributed by atoms with Crippen molar-refractivity contribution in [3.05, 3.63) is 21.9 Å². The fraction of sp³-hybridized carbons (Fsp3) is 0.600. The fourth-order valence-electron chi connectivity index (χ4n) is 2.65. The van der Waals surface area contributed by atoms with Crippen molar-refractivity contribution in [2.24, 2.45) is 0 Å². The number of nitrogens with zero attached hydrogens (tertiary/aromatic N) is 1. The van der Waals surface area contributed by atoms with E-state index in [9.17, 15) is 14.7 Å². The Hall–Kier alpha value is -1.40. The predicted octanol–water partition coefficient (Wildman–Crippen LogP) is 2.08. The number of aryl methyl sites for hydroxylation is 2. The van der Waals surface area contributed by atoms with Gasteiger partial charge in [-0.2, -0.15) is 0 Å². The molecule has 1 fully saturated rings. The number of carboxylic acids is 1. The summed E-state index contributed by atoms with van der Waals surface area (Å²) in [6, 6.07) is 3.42. The number of rotatable bonds is 6. The van der Waals surface area contributed by atoms with Gasteiger partial charge in [0.2, 0.25) is 5.91 Å². The van der Waals surface area contributed by atoms with Gasteiger partial charge in [0.05, 0.1) is 6.10 Å². The lowest BCUT2D eigenvalue weighted by atomic mass is 10.1. The molecule has 0 saturated carbocycles. The molecule has 1 amide bonds. The number of methoxy groups -OCH3 is 1. The molecule has 2 unspecified atom stereocenters. The summed E-state index contributed by atoms with van der Waals surface area (Å²) in [5.41, 5.74) is 0. The summed E-state index contributed by atoms with van der Waals surface area (Å²) in [7, 11) is 1.55. The molecule has 1 aliphatic heterocycles. The van der Waals surface area contributed by atoms with E-state index in [0.717, 1.165) is 12.8 Å². The maximum atomic E-state index is 12.2.